The molecule has 0 spiro atoms. The Labute approximate surface area is 205 Å². The summed E-state index contributed by atoms with van der Waals surface area (Å²) in [6, 6.07) is 16.0. The van der Waals surface area contributed by atoms with E-state index < -0.39 is 10.0 Å². The molecule has 0 amide bonds. The average Bonchev–Trinajstić information content (AvgIpc) is 3.16. The molecular weight excluding hydrogens is 460 g/mol. The second-order valence-corrected chi connectivity index (χ2v) is 10.8. The van der Waals surface area contributed by atoms with Crippen molar-refractivity contribution in [3.63, 3.8) is 0 Å². The molecular formula is C27H28N4O3S. The quantitative estimate of drug-likeness (QED) is 0.393. The molecule has 5 rings (SSSR count). The molecule has 7 nitrogen and oxygen atoms in total. The van der Waals surface area contributed by atoms with Crippen molar-refractivity contribution in [2.45, 2.75) is 39.8 Å². The Bertz CT molecular complexity index is 1570. The van der Waals surface area contributed by atoms with Crippen molar-refractivity contribution in [1.29, 1.82) is 0 Å². The summed E-state index contributed by atoms with van der Waals surface area (Å²) in [5, 5.41) is 5.63. The van der Waals surface area contributed by atoms with E-state index in [1.807, 2.05) is 35.1 Å². The second kappa shape index (κ2) is 8.85. The lowest BCUT2D eigenvalue weighted by atomic mass is 9.87. The second-order valence-electron chi connectivity index (χ2n) is 9.04. The fraction of sp³-hybridized carbons (Fsp3) is 0.259. The third-order valence-corrected chi connectivity index (χ3v) is 6.76. The molecule has 2 aromatic carbocycles. The van der Waals surface area contributed by atoms with E-state index in [1.54, 1.807) is 12.3 Å². The van der Waals surface area contributed by atoms with Crippen LogP contribution in [0.3, 0.4) is 0 Å². The molecule has 0 unspecified atom stereocenters. The number of fused-ring (bicyclic) bond motifs is 3. The molecule has 1 N–H and O–H groups in total. The Balaban J connectivity index is 1.80. The van der Waals surface area contributed by atoms with Crippen molar-refractivity contribution in [3.05, 3.63) is 83.3 Å². The molecule has 0 atom stereocenters. The van der Waals surface area contributed by atoms with Gasteiger partial charge in [-0.15, -0.1) is 0 Å². The summed E-state index contributed by atoms with van der Waals surface area (Å²) < 4.78 is 34.6. The van der Waals surface area contributed by atoms with Gasteiger partial charge in [0.05, 0.1) is 23.7 Å². The zero-order valence-corrected chi connectivity index (χ0v) is 21.1. The first-order chi connectivity index (χ1) is 16.7. The molecule has 0 bridgehead atoms. The Morgan fingerprint density at radius 1 is 1.14 bits per heavy atom. The van der Waals surface area contributed by atoms with Crippen molar-refractivity contribution >= 4 is 37.8 Å². The standard InChI is InChI=1S/C27H28N4O3S/c1-5-21(18-8-6-9-20(12-18)30-35(4,32)33)27-22-10-7-11-28-24(22)16-34-26-14-25-19(13-23(26)27)15-29-31(25)17(2)3/h6-15,17,30H,5,16H2,1-4H3/b27-21+. The average molecular weight is 489 g/mol. The van der Waals surface area contributed by atoms with Gasteiger partial charge in [-0.2, -0.15) is 5.10 Å². The van der Waals surface area contributed by atoms with Crippen LogP contribution in [-0.4, -0.2) is 29.4 Å². The van der Waals surface area contributed by atoms with Crippen LogP contribution in [0, 0.1) is 0 Å². The number of allylic oxidation sites excluding steroid dienone is 1. The SMILES string of the molecule is CC/C(=C1\c2cc3cnn(C(C)C)c3cc2OCc2ncccc21)c1cccc(NS(C)(=O)=O)c1. The van der Waals surface area contributed by atoms with Gasteiger partial charge in [-0.05, 0) is 61.2 Å². The smallest absolute Gasteiger partial charge is 0.229 e. The highest BCUT2D eigenvalue weighted by atomic mass is 32.2. The maximum Gasteiger partial charge on any atom is 0.229 e. The fourth-order valence-electron chi connectivity index (χ4n) is 4.71. The summed E-state index contributed by atoms with van der Waals surface area (Å²) in [5.74, 6) is 0.782. The van der Waals surface area contributed by atoms with Gasteiger partial charge in [-0.3, -0.25) is 14.4 Å². The van der Waals surface area contributed by atoms with Crippen molar-refractivity contribution in [3.8, 4) is 5.75 Å². The molecule has 0 aliphatic carbocycles. The number of hydrogen-bond donors (Lipinski definition) is 1. The van der Waals surface area contributed by atoms with Crippen LogP contribution in [-0.2, 0) is 16.6 Å². The summed E-state index contributed by atoms with van der Waals surface area (Å²) in [6.07, 6.45) is 5.56. The number of ether oxygens (including phenoxy) is 1. The first kappa shape index (κ1) is 23.1. The zero-order valence-electron chi connectivity index (χ0n) is 20.2. The largest absolute Gasteiger partial charge is 0.487 e. The van der Waals surface area contributed by atoms with Gasteiger partial charge in [0.2, 0.25) is 10.0 Å². The minimum atomic E-state index is -3.39. The Morgan fingerprint density at radius 3 is 2.71 bits per heavy atom. The van der Waals surface area contributed by atoms with Gasteiger partial charge in [0.25, 0.3) is 0 Å². The van der Waals surface area contributed by atoms with Crippen LogP contribution in [0.5, 0.6) is 5.75 Å². The number of benzene rings is 2. The van der Waals surface area contributed by atoms with Gasteiger partial charge in [0.15, 0.2) is 0 Å². The summed E-state index contributed by atoms with van der Waals surface area (Å²) in [5.41, 5.74) is 7.47. The van der Waals surface area contributed by atoms with Crippen molar-refractivity contribution < 1.29 is 13.2 Å². The highest BCUT2D eigenvalue weighted by Crippen LogP contribution is 2.43. The van der Waals surface area contributed by atoms with Crippen LogP contribution in [0.4, 0.5) is 5.69 Å². The summed E-state index contributed by atoms with van der Waals surface area (Å²) in [7, 11) is -3.39. The highest BCUT2D eigenvalue weighted by molar-refractivity contribution is 7.92. The predicted octanol–water partition coefficient (Wildman–Crippen LogP) is 5.65. The van der Waals surface area contributed by atoms with Gasteiger partial charge in [-0.25, -0.2) is 8.42 Å². The van der Waals surface area contributed by atoms with E-state index in [2.05, 4.69) is 53.8 Å². The van der Waals surface area contributed by atoms with Gasteiger partial charge in [0, 0.05) is 40.5 Å². The number of pyridine rings is 1. The lowest BCUT2D eigenvalue weighted by molar-refractivity contribution is 0.302. The maximum atomic E-state index is 11.8. The van der Waals surface area contributed by atoms with Crippen LogP contribution in [0.15, 0.2) is 60.9 Å². The number of hydrogen-bond acceptors (Lipinski definition) is 5. The van der Waals surface area contributed by atoms with Crippen LogP contribution in [0.1, 0.15) is 55.6 Å². The number of nitrogens with one attached hydrogen (secondary N) is 1. The highest BCUT2D eigenvalue weighted by Gasteiger charge is 2.25. The van der Waals surface area contributed by atoms with Crippen molar-refractivity contribution in [2.24, 2.45) is 0 Å². The van der Waals surface area contributed by atoms with Crippen LogP contribution in [0.25, 0.3) is 22.0 Å². The van der Waals surface area contributed by atoms with Crippen molar-refractivity contribution in [1.82, 2.24) is 14.8 Å². The van der Waals surface area contributed by atoms with E-state index in [0.717, 1.165) is 62.9 Å². The molecule has 0 fully saturated rings. The monoisotopic (exact) mass is 488 g/mol. The van der Waals surface area contributed by atoms with E-state index in [1.165, 1.54) is 0 Å². The van der Waals surface area contributed by atoms with E-state index in [4.69, 9.17) is 4.74 Å². The lowest BCUT2D eigenvalue weighted by Crippen LogP contribution is -2.09. The van der Waals surface area contributed by atoms with E-state index in [0.29, 0.717) is 12.3 Å². The number of rotatable bonds is 5. The Hall–Kier alpha value is -3.65. The number of nitrogens with zero attached hydrogens (tertiary/aromatic N) is 3. The third kappa shape index (κ3) is 4.41. The first-order valence-corrected chi connectivity index (χ1v) is 13.5. The minimum absolute atomic E-state index is 0.224. The first-order valence-electron chi connectivity index (χ1n) is 11.6. The van der Waals surface area contributed by atoms with Gasteiger partial charge in [-0.1, -0.05) is 25.1 Å². The normalized spacial score (nSPS) is 14.8. The molecule has 3 heterocycles. The van der Waals surface area contributed by atoms with Crippen molar-refractivity contribution in [2.75, 3.05) is 11.0 Å². The molecule has 180 valence electrons. The summed E-state index contributed by atoms with van der Waals surface area (Å²) in [6.45, 7) is 6.68. The minimum Gasteiger partial charge on any atom is -0.487 e. The topological polar surface area (TPSA) is 86.1 Å². The molecule has 8 heteroatoms. The molecule has 1 aliphatic rings. The Kier molecular flexibility index (Phi) is 5.84. The van der Waals surface area contributed by atoms with Crippen LogP contribution >= 0.6 is 0 Å². The zero-order chi connectivity index (χ0) is 24.7. The van der Waals surface area contributed by atoms with Crippen LogP contribution in [0.2, 0.25) is 0 Å². The fourth-order valence-corrected chi connectivity index (χ4v) is 5.26. The van der Waals surface area contributed by atoms with E-state index >= 15 is 0 Å². The number of anilines is 1. The third-order valence-electron chi connectivity index (χ3n) is 6.15. The summed E-state index contributed by atoms with van der Waals surface area (Å²) >= 11 is 0. The van der Waals surface area contributed by atoms with Gasteiger partial charge in [0.1, 0.15) is 12.4 Å². The molecule has 2 aromatic heterocycles. The predicted molar refractivity (Wildman–Crippen MR) is 140 cm³/mol. The number of sulfonamides is 1. The molecule has 0 radical (unpaired) electrons. The molecule has 0 saturated heterocycles. The number of aromatic nitrogens is 3. The van der Waals surface area contributed by atoms with Crippen LogP contribution < -0.4 is 9.46 Å². The van der Waals surface area contributed by atoms with E-state index in [-0.39, 0.29) is 6.04 Å². The lowest BCUT2D eigenvalue weighted by Gasteiger charge is -2.18. The Morgan fingerprint density at radius 2 is 1.97 bits per heavy atom. The van der Waals surface area contributed by atoms with Gasteiger partial charge < -0.3 is 4.74 Å². The molecule has 1 aliphatic heterocycles. The molecule has 4 aromatic rings. The van der Waals surface area contributed by atoms with Gasteiger partial charge >= 0.3 is 0 Å². The maximum absolute atomic E-state index is 11.8. The molecule has 35 heavy (non-hydrogen) atoms. The van der Waals surface area contributed by atoms with E-state index in [9.17, 15) is 8.42 Å². The summed E-state index contributed by atoms with van der Waals surface area (Å²) in [4.78, 5) is 4.62. The molecule has 0 saturated carbocycles.